The summed E-state index contributed by atoms with van der Waals surface area (Å²) < 4.78 is 4.78. The van der Waals surface area contributed by atoms with Gasteiger partial charge < -0.3 is 15.4 Å². The minimum absolute atomic E-state index is 0.0144. The van der Waals surface area contributed by atoms with Crippen molar-refractivity contribution in [3.63, 3.8) is 0 Å². The van der Waals surface area contributed by atoms with E-state index in [9.17, 15) is 19.2 Å². The standard InChI is InChI=1S/C21H28N2O5/c1-14(15-7-4-3-5-8-15)22-18(25)11-12-19(26)23-20(21(27)28-2)16-9-6-10-17(24)13-16/h3-5,7-8,14,16,20H,6,9-13H2,1-2H3,(H,22,25)(H,23,26)/t14-,16+,20+/m1/s1. The van der Waals surface area contributed by atoms with E-state index in [0.717, 1.165) is 5.56 Å². The van der Waals surface area contributed by atoms with Gasteiger partial charge in [-0.05, 0) is 31.2 Å². The zero-order chi connectivity index (χ0) is 20.5. The van der Waals surface area contributed by atoms with Crippen molar-refractivity contribution in [1.82, 2.24) is 10.6 Å². The topological polar surface area (TPSA) is 102 Å². The molecular formula is C21H28N2O5. The molecule has 28 heavy (non-hydrogen) atoms. The fourth-order valence-corrected chi connectivity index (χ4v) is 3.45. The Morgan fingerprint density at radius 2 is 1.75 bits per heavy atom. The summed E-state index contributed by atoms with van der Waals surface area (Å²) in [5.74, 6) is -1.38. The Morgan fingerprint density at radius 1 is 1.11 bits per heavy atom. The van der Waals surface area contributed by atoms with Gasteiger partial charge in [-0.15, -0.1) is 0 Å². The van der Waals surface area contributed by atoms with E-state index in [1.807, 2.05) is 37.3 Å². The monoisotopic (exact) mass is 388 g/mol. The van der Waals surface area contributed by atoms with Gasteiger partial charge in [0.15, 0.2) is 0 Å². The Balaban J connectivity index is 1.84. The number of nitrogens with one attached hydrogen (secondary N) is 2. The molecule has 1 saturated carbocycles. The zero-order valence-corrected chi connectivity index (χ0v) is 16.4. The summed E-state index contributed by atoms with van der Waals surface area (Å²) in [4.78, 5) is 48.2. The number of benzene rings is 1. The van der Waals surface area contributed by atoms with E-state index in [1.165, 1.54) is 7.11 Å². The number of ether oxygens (including phenoxy) is 1. The van der Waals surface area contributed by atoms with Crippen LogP contribution in [-0.4, -0.2) is 36.7 Å². The average Bonchev–Trinajstić information content (AvgIpc) is 2.70. The van der Waals surface area contributed by atoms with Crippen LogP contribution >= 0.6 is 0 Å². The zero-order valence-electron chi connectivity index (χ0n) is 16.4. The summed E-state index contributed by atoms with van der Waals surface area (Å²) in [7, 11) is 1.25. The summed E-state index contributed by atoms with van der Waals surface area (Å²) in [6.45, 7) is 1.88. The van der Waals surface area contributed by atoms with Crippen LogP contribution in [0.5, 0.6) is 0 Å². The summed E-state index contributed by atoms with van der Waals surface area (Å²) in [5.41, 5.74) is 0.980. The second kappa shape index (κ2) is 10.6. The number of Topliss-reactive ketones (excluding diaryl/α,β-unsaturated/α-hetero) is 1. The predicted molar refractivity (Wildman–Crippen MR) is 103 cm³/mol. The third-order valence-electron chi connectivity index (χ3n) is 5.02. The quantitative estimate of drug-likeness (QED) is 0.664. The van der Waals surface area contributed by atoms with Gasteiger partial charge in [-0.3, -0.25) is 14.4 Å². The molecule has 0 saturated heterocycles. The Bertz CT molecular complexity index is 704. The molecule has 7 heteroatoms. The van der Waals surface area contributed by atoms with Crippen LogP contribution in [-0.2, 0) is 23.9 Å². The number of hydrogen-bond donors (Lipinski definition) is 2. The van der Waals surface area contributed by atoms with E-state index >= 15 is 0 Å². The molecule has 0 unspecified atom stereocenters. The fraction of sp³-hybridized carbons (Fsp3) is 0.524. The molecule has 2 rings (SSSR count). The highest BCUT2D eigenvalue weighted by atomic mass is 16.5. The molecule has 0 bridgehead atoms. The lowest BCUT2D eigenvalue weighted by Crippen LogP contribution is -2.48. The second-order valence-electron chi connectivity index (χ2n) is 7.16. The molecule has 0 spiro atoms. The lowest BCUT2D eigenvalue weighted by Gasteiger charge is -2.28. The van der Waals surface area contributed by atoms with E-state index in [4.69, 9.17) is 4.74 Å². The highest BCUT2D eigenvalue weighted by Gasteiger charge is 2.34. The summed E-state index contributed by atoms with van der Waals surface area (Å²) in [5, 5.41) is 5.51. The first-order valence-electron chi connectivity index (χ1n) is 9.64. The van der Waals surface area contributed by atoms with Crippen molar-refractivity contribution < 1.29 is 23.9 Å². The minimum Gasteiger partial charge on any atom is -0.467 e. The van der Waals surface area contributed by atoms with Gasteiger partial charge in [0.2, 0.25) is 11.8 Å². The molecule has 2 N–H and O–H groups in total. The lowest BCUT2D eigenvalue weighted by molar-refractivity contribution is -0.147. The first kappa shape index (κ1) is 21.6. The summed E-state index contributed by atoms with van der Waals surface area (Å²) in [6.07, 6.45) is 2.13. The van der Waals surface area contributed by atoms with Gasteiger partial charge in [0.1, 0.15) is 11.8 Å². The number of rotatable bonds is 8. The first-order valence-corrected chi connectivity index (χ1v) is 9.64. The van der Waals surface area contributed by atoms with Crippen molar-refractivity contribution in [2.45, 2.75) is 57.5 Å². The maximum Gasteiger partial charge on any atom is 0.328 e. The van der Waals surface area contributed by atoms with Crippen molar-refractivity contribution in [3.05, 3.63) is 35.9 Å². The van der Waals surface area contributed by atoms with Crippen LogP contribution in [0.4, 0.5) is 0 Å². The summed E-state index contributed by atoms with van der Waals surface area (Å²) >= 11 is 0. The van der Waals surface area contributed by atoms with Gasteiger partial charge in [0, 0.05) is 25.7 Å². The normalized spacial score (nSPS) is 18.6. The number of methoxy groups -OCH3 is 1. The molecule has 0 radical (unpaired) electrons. The fourth-order valence-electron chi connectivity index (χ4n) is 3.45. The van der Waals surface area contributed by atoms with E-state index in [0.29, 0.717) is 19.3 Å². The van der Waals surface area contributed by atoms with E-state index < -0.39 is 17.9 Å². The van der Waals surface area contributed by atoms with Crippen molar-refractivity contribution in [2.24, 2.45) is 5.92 Å². The molecule has 152 valence electrons. The van der Waals surface area contributed by atoms with Crippen LogP contribution in [0.3, 0.4) is 0 Å². The van der Waals surface area contributed by atoms with Gasteiger partial charge in [-0.1, -0.05) is 30.3 Å². The highest BCUT2D eigenvalue weighted by molar-refractivity contribution is 5.88. The van der Waals surface area contributed by atoms with E-state index in [1.54, 1.807) is 0 Å². The number of carbonyl (C=O) groups is 4. The minimum atomic E-state index is -0.854. The Labute approximate surface area is 165 Å². The number of amides is 2. The second-order valence-corrected chi connectivity index (χ2v) is 7.16. The van der Waals surface area contributed by atoms with Crippen molar-refractivity contribution in [2.75, 3.05) is 7.11 Å². The van der Waals surface area contributed by atoms with Crippen LogP contribution < -0.4 is 10.6 Å². The third-order valence-corrected chi connectivity index (χ3v) is 5.02. The number of ketones is 1. The smallest absolute Gasteiger partial charge is 0.328 e. The molecule has 2 amide bonds. The summed E-state index contributed by atoms with van der Waals surface area (Å²) in [6, 6.07) is 8.53. The largest absolute Gasteiger partial charge is 0.467 e. The SMILES string of the molecule is COC(=O)[C@@H](NC(=O)CCC(=O)N[C@H](C)c1ccccc1)[C@H]1CCCC(=O)C1. The van der Waals surface area contributed by atoms with Crippen molar-refractivity contribution in [1.29, 1.82) is 0 Å². The Kier molecular flexibility index (Phi) is 8.17. The molecule has 0 aromatic heterocycles. The number of carbonyl (C=O) groups excluding carboxylic acids is 4. The molecule has 1 aromatic carbocycles. The van der Waals surface area contributed by atoms with Crippen LogP contribution in [0.2, 0.25) is 0 Å². The molecule has 1 aromatic rings. The number of esters is 1. The van der Waals surface area contributed by atoms with Crippen LogP contribution in [0.1, 0.15) is 57.1 Å². The van der Waals surface area contributed by atoms with Crippen molar-refractivity contribution in [3.8, 4) is 0 Å². The van der Waals surface area contributed by atoms with E-state index in [-0.39, 0.29) is 42.9 Å². The molecule has 0 aliphatic heterocycles. The lowest BCUT2D eigenvalue weighted by atomic mass is 9.83. The number of hydrogen-bond acceptors (Lipinski definition) is 5. The average molecular weight is 388 g/mol. The van der Waals surface area contributed by atoms with Gasteiger partial charge in [0.05, 0.1) is 13.2 Å². The third kappa shape index (κ3) is 6.48. The molecule has 1 aliphatic carbocycles. The molecule has 0 heterocycles. The Hall–Kier alpha value is -2.70. The van der Waals surface area contributed by atoms with Gasteiger partial charge >= 0.3 is 5.97 Å². The van der Waals surface area contributed by atoms with Gasteiger partial charge in [-0.2, -0.15) is 0 Å². The van der Waals surface area contributed by atoms with Gasteiger partial charge in [-0.25, -0.2) is 4.79 Å². The predicted octanol–water partition coefficient (Wildman–Crippen LogP) is 2.06. The van der Waals surface area contributed by atoms with Crippen molar-refractivity contribution >= 4 is 23.6 Å². The molecule has 1 fully saturated rings. The van der Waals surface area contributed by atoms with Gasteiger partial charge in [0.25, 0.3) is 0 Å². The van der Waals surface area contributed by atoms with E-state index in [2.05, 4.69) is 10.6 Å². The van der Waals surface area contributed by atoms with Crippen LogP contribution in [0.15, 0.2) is 30.3 Å². The van der Waals surface area contributed by atoms with Crippen LogP contribution in [0, 0.1) is 5.92 Å². The molecule has 1 aliphatic rings. The maximum absolute atomic E-state index is 12.3. The molecule has 3 atom stereocenters. The Morgan fingerprint density at radius 3 is 2.36 bits per heavy atom. The first-order chi connectivity index (χ1) is 13.4. The highest BCUT2D eigenvalue weighted by Crippen LogP contribution is 2.25. The molecule has 7 nitrogen and oxygen atoms in total. The molecular weight excluding hydrogens is 360 g/mol. The van der Waals surface area contributed by atoms with Crippen LogP contribution in [0.25, 0.3) is 0 Å². The maximum atomic E-state index is 12.3.